The summed E-state index contributed by atoms with van der Waals surface area (Å²) in [6.07, 6.45) is 2.12. The SMILES string of the molecule is CCNC(=NCc1cc2c(cc1OCC)CC(C)O2)NCCCn1nc(C)cc1C. The number of aliphatic imine (C=N–C) groups is 1. The van der Waals surface area contributed by atoms with Crippen molar-refractivity contribution >= 4 is 5.96 Å². The third kappa shape index (κ3) is 5.68. The lowest BCUT2D eigenvalue weighted by Crippen LogP contribution is -2.38. The molecule has 2 N–H and O–H groups in total. The standard InChI is InChI=1S/C23H35N5O2/c1-6-24-23(25-9-8-10-28-17(4)11-16(3)27-28)26-15-20-14-22-19(12-18(5)30-22)13-21(20)29-7-2/h11,13-14,18H,6-10,12,15H2,1-5H3,(H2,24,25,26). The molecule has 30 heavy (non-hydrogen) atoms. The molecule has 0 spiro atoms. The summed E-state index contributed by atoms with van der Waals surface area (Å²) >= 11 is 0. The van der Waals surface area contributed by atoms with E-state index < -0.39 is 0 Å². The van der Waals surface area contributed by atoms with Crippen LogP contribution in [0.1, 0.15) is 49.7 Å². The minimum Gasteiger partial charge on any atom is -0.494 e. The Morgan fingerprint density at radius 3 is 2.80 bits per heavy atom. The molecule has 1 aromatic heterocycles. The molecule has 1 aliphatic rings. The Morgan fingerprint density at radius 2 is 2.10 bits per heavy atom. The number of nitrogens with zero attached hydrogens (tertiary/aromatic N) is 3. The van der Waals surface area contributed by atoms with Gasteiger partial charge in [-0.05, 0) is 59.2 Å². The molecule has 7 nitrogen and oxygen atoms in total. The molecule has 0 saturated heterocycles. The van der Waals surface area contributed by atoms with E-state index in [2.05, 4.69) is 59.4 Å². The highest BCUT2D eigenvalue weighted by Gasteiger charge is 2.21. The number of aryl methyl sites for hydroxylation is 3. The predicted octanol–water partition coefficient (Wildman–Crippen LogP) is 3.37. The molecule has 0 aliphatic carbocycles. The van der Waals surface area contributed by atoms with E-state index >= 15 is 0 Å². The summed E-state index contributed by atoms with van der Waals surface area (Å²) in [7, 11) is 0. The van der Waals surface area contributed by atoms with Crippen LogP contribution in [0.4, 0.5) is 0 Å². The fraction of sp³-hybridized carbons (Fsp3) is 0.565. The van der Waals surface area contributed by atoms with E-state index in [9.17, 15) is 0 Å². The minimum atomic E-state index is 0.217. The van der Waals surface area contributed by atoms with Gasteiger partial charge in [-0.2, -0.15) is 5.10 Å². The molecular weight excluding hydrogens is 378 g/mol. The van der Waals surface area contributed by atoms with Crippen molar-refractivity contribution in [1.82, 2.24) is 20.4 Å². The normalized spacial score (nSPS) is 15.6. The van der Waals surface area contributed by atoms with Crippen molar-refractivity contribution in [2.45, 2.75) is 66.7 Å². The van der Waals surface area contributed by atoms with E-state index in [0.717, 1.165) is 61.2 Å². The van der Waals surface area contributed by atoms with Crippen molar-refractivity contribution in [2.75, 3.05) is 19.7 Å². The number of aromatic nitrogens is 2. The summed E-state index contributed by atoms with van der Waals surface area (Å²) in [5, 5.41) is 11.3. The minimum absolute atomic E-state index is 0.217. The Bertz CT molecular complexity index is 875. The number of rotatable bonds is 9. The van der Waals surface area contributed by atoms with Crippen LogP contribution < -0.4 is 20.1 Å². The number of benzene rings is 1. The maximum atomic E-state index is 5.92. The monoisotopic (exact) mass is 413 g/mol. The second kappa shape index (κ2) is 10.4. The van der Waals surface area contributed by atoms with Gasteiger partial charge in [0, 0.05) is 42.9 Å². The Hall–Kier alpha value is -2.70. The highest BCUT2D eigenvalue weighted by Crippen LogP contribution is 2.35. The second-order valence-corrected chi connectivity index (χ2v) is 7.76. The van der Waals surface area contributed by atoms with Crippen LogP contribution in [-0.4, -0.2) is 41.5 Å². The first-order chi connectivity index (χ1) is 14.5. The molecule has 3 rings (SSSR count). The summed E-state index contributed by atoms with van der Waals surface area (Å²) in [5.74, 6) is 2.67. The van der Waals surface area contributed by atoms with E-state index in [0.29, 0.717) is 13.2 Å². The fourth-order valence-corrected chi connectivity index (χ4v) is 3.74. The number of guanidine groups is 1. The molecule has 1 atom stereocenters. The van der Waals surface area contributed by atoms with Gasteiger partial charge in [0.1, 0.15) is 17.6 Å². The molecule has 1 aliphatic heterocycles. The Labute approximate surface area is 179 Å². The zero-order valence-electron chi connectivity index (χ0n) is 18.9. The van der Waals surface area contributed by atoms with E-state index in [-0.39, 0.29) is 6.10 Å². The third-order valence-electron chi connectivity index (χ3n) is 5.07. The quantitative estimate of drug-likeness (QED) is 0.375. The number of hydrogen-bond donors (Lipinski definition) is 2. The van der Waals surface area contributed by atoms with Crippen LogP contribution in [0.3, 0.4) is 0 Å². The van der Waals surface area contributed by atoms with Gasteiger partial charge in [0.05, 0.1) is 18.8 Å². The molecule has 1 unspecified atom stereocenters. The van der Waals surface area contributed by atoms with E-state index in [1.807, 2.05) is 13.8 Å². The van der Waals surface area contributed by atoms with Gasteiger partial charge < -0.3 is 20.1 Å². The highest BCUT2D eigenvalue weighted by molar-refractivity contribution is 5.79. The zero-order chi connectivity index (χ0) is 21.5. The first-order valence-corrected chi connectivity index (χ1v) is 11.0. The average molecular weight is 414 g/mol. The zero-order valence-corrected chi connectivity index (χ0v) is 18.9. The van der Waals surface area contributed by atoms with Crippen molar-refractivity contribution < 1.29 is 9.47 Å². The molecule has 0 fully saturated rings. The molecule has 164 valence electrons. The largest absolute Gasteiger partial charge is 0.494 e. The number of hydrogen-bond acceptors (Lipinski definition) is 4. The van der Waals surface area contributed by atoms with E-state index in [4.69, 9.17) is 14.5 Å². The van der Waals surface area contributed by atoms with Gasteiger partial charge in [-0.15, -0.1) is 0 Å². The summed E-state index contributed by atoms with van der Waals surface area (Å²) in [6, 6.07) is 6.30. The van der Waals surface area contributed by atoms with Crippen LogP contribution in [0.2, 0.25) is 0 Å². The Balaban J connectivity index is 1.61. The van der Waals surface area contributed by atoms with Gasteiger partial charge in [-0.1, -0.05) is 0 Å². The Kier molecular flexibility index (Phi) is 7.60. The van der Waals surface area contributed by atoms with Crippen molar-refractivity contribution in [1.29, 1.82) is 0 Å². The smallest absolute Gasteiger partial charge is 0.191 e. The van der Waals surface area contributed by atoms with Crippen LogP contribution in [0, 0.1) is 13.8 Å². The van der Waals surface area contributed by atoms with Crippen LogP contribution >= 0.6 is 0 Å². The van der Waals surface area contributed by atoms with Crippen LogP contribution in [0.25, 0.3) is 0 Å². The summed E-state index contributed by atoms with van der Waals surface area (Å²) in [4.78, 5) is 4.77. The number of nitrogens with one attached hydrogen (secondary N) is 2. The topological polar surface area (TPSA) is 72.7 Å². The summed E-state index contributed by atoms with van der Waals surface area (Å²) < 4.78 is 13.9. The van der Waals surface area contributed by atoms with Gasteiger partial charge in [-0.3, -0.25) is 4.68 Å². The van der Waals surface area contributed by atoms with Gasteiger partial charge >= 0.3 is 0 Å². The lowest BCUT2D eigenvalue weighted by molar-refractivity contribution is 0.254. The molecule has 1 aromatic carbocycles. The fourth-order valence-electron chi connectivity index (χ4n) is 3.74. The average Bonchev–Trinajstić information content (AvgIpc) is 3.22. The number of fused-ring (bicyclic) bond motifs is 1. The first-order valence-electron chi connectivity index (χ1n) is 11.0. The van der Waals surface area contributed by atoms with Gasteiger partial charge in [-0.25, -0.2) is 4.99 Å². The van der Waals surface area contributed by atoms with Crippen LogP contribution in [0.15, 0.2) is 23.2 Å². The van der Waals surface area contributed by atoms with E-state index in [1.165, 1.54) is 11.3 Å². The number of ether oxygens (including phenoxy) is 2. The third-order valence-corrected chi connectivity index (χ3v) is 5.07. The van der Waals surface area contributed by atoms with Crippen LogP contribution in [-0.2, 0) is 19.5 Å². The van der Waals surface area contributed by atoms with Crippen LogP contribution in [0.5, 0.6) is 11.5 Å². The van der Waals surface area contributed by atoms with E-state index in [1.54, 1.807) is 0 Å². The molecular formula is C23H35N5O2. The molecule has 0 bridgehead atoms. The van der Waals surface area contributed by atoms with Crippen molar-refractivity contribution in [3.63, 3.8) is 0 Å². The van der Waals surface area contributed by atoms with Crippen molar-refractivity contribution in [2.24, 2.45) is 4.99 Å². The molecule has 0 saturated carbocycles. The van der Waals surface area contributed by atoms with Gasteiger partial charge in [0.15, 0.2) is 5.96 Å². The highest BCUT2D eigenvalue weighted by atomic mass is 16.5. The lowest BCUT2D eigenvalue weighted by atomic mass is 10.1. The Morgan fingerprint density at radius 1 is 1.27 bits per heavy atom. The van der Waals surface area contributed by atoms with Gasteiger partial charge in [0.2, 0.25) is 0 Å². The second-order valence-electron chi connectivity index (χ2n) is 7.76. The molecule has 0 amide bonds. The maximum Gasteiger partial charge on any atom is 0.191 e. The molecule has 2 aromatic rings. The van der Waals surface area contributed by atoms with Crippen molar-refractivity contribution in [3.05, 3.63) is 40.7 Å². The summed E-state index contributed by atoms with van der Waals surface area (Å²) in [6.45, 7) is 14.0. The lowest BCUT2D eigenvalue weighted by Gasteiger charge is -2.14. The first kappa shape index (κ1) is 22.0. The predicted molar refractivity (Wildman–Crippen MR) is 121 cm³/mol. The van der Waals surface area contributed by atoms with Gasteiger partial charge in [0.25, 0.3) is 0 Å². The molecule has 0 radical (unpaired) electrons. The van der Waals surface area contributed by atoms with Crippen molar-refractivity contribution in [3.8, 4) is 11.5 Å². The maximum absolute atomic E-state index is 5.92. The molecule has 2 heterocycles. The summed E-state index contributed by atoms with van der Waals surface area (Å²) in [5.41, 5.74) is 4.52. The molecule has 7 heteroatoms.